The summed E-state index contributed by atoms with van der Waals surface area (Å²) in [5.74, 6) is 0. The molecule has 0 amide bonds. The Hall–Kier alpha value is -0.910. The number of nitrogens with zero attached hydrogens (tertiary/aromatic N) is 2. The maximum absolute atomic E-state index is 9.04. The quantitative estimate of drug-likeness (QED) is 0.892. The molecule has 5 heteroatoms. The Balaban J connectivity index is 2.20. The number of aromatic nitrogens is 2. The predicted molar refractivity (Wildman–Crippen MR) is 61.1 cm³/mol. The molecule has 0 radical (unpaired) electrons. The van der Waals surface area contributed by atoms with E-state index in [4.69, 9.17) is 5.11 Å². The van der Waals surface area contributed by atoms with Gasteiger partial charge in [-0.25, -0.2) is 4.98 Å². The summed E-state index contributed by atoms with van der Waals surface area (Å²) in [5.41, 5.74) is 2.07. The van der Waals surface area contributed by atoms with Crippen LogP contribution in [-0.2, 0) is 6.61 Å². The highest BCUT2D eigenvalue weighted by Crippen LogP contribution is 2.29. The predicted octanol–water partition coefficient (Wildman–Crippen LogP) is 2.49. The standard InChI is InChI=1S/C10H10N2OS2/c1-7-4-9(3-2-8(7)5-13)14-10-11-6-12-15-10/h2-4,6,13H,5H2,1H3. The lowest BCUT2D eigenvalue weighted by atomic mass is 10.1. The first-order valence-corrected chi connectivity index (χ1v) is 6.03. The second kappa shape index (κ2) is 4.74. The van der Waals surface area contributed by atoms with Crippen LogP contribution < -0.4 is 0 Å². The van der Waals surface area contributed by atoms with Crippen molar-refractivity contribution in [3.63, 3.8) is 0 Å². The molecule has 1 aromatic heterocycles. The van der Waals surface area contributed by atoms with Crippen molar-refractivity contribution in [3.8, 4) is 0 Å². The van der Waals surface area contributed by atoms with Crippen molar-refractivity contribution in [1.82, 2.24) is 9.36 Å². The Labute approximate surface area is 96.4 Å². The van der Waals surface area contributed by atoms with E-state index in [0.29, 0.717) is 0 Å². The molecule has 15 heavy (non-hydrogen) atoms. The van der Waals surface area contributed by atoms with Crippen molar-refractivity contribution in [3.05, 3.63) is 35.7 Å². The number of aliphatic hydroxyl groups is 1. The second-order valence-corrected chi connectivity index (χ2v) is 5.16. The summed E-state index contributed by atoms with van der Waals surface area (Å²) in [7, 11) is 0. The zero-order valence-corrected chi connectivity index (χ0v) is 9.81. The van der Waals surface area contributed by atoms with Crippen LogP contribution in [0.25, 0.3) is 0 Å². The van der Waals surface area contributed by atoms with E-state index in [-0.39, 0.29) is 6.61 Å². The van der Waals surface area contributed by atoms with Gasteiger partial charge in [0.1, 0.15) is 6.33 Å². The highest BCUT2D eigenvalue weighted by atomic mass is 32.2. The van der Waals surface area contributed by atoms with Crippen LogP contribution in [0.5, 0.6) is 0 Å². The molecule has 0 fully saturated rings. The van der Waals surface area contributed by atoms with Crippen LogP contribution in [-0.4, -0.2) is 14.5 Å². The zero-order valence-electron chi connectivity index (χ0n) is 8.17. The average molecular weight is 238 g/mol. The molecule has 0 aliphatic carbocycles. The van der Waals surface area contributed by atoms with Crippen LogP contribution in [0.4, 0.5) is 0 Å². The van der Waals surface area contributed by atoms with Crippen molar-refractivity contribution in [2.45, 2.75) is 22.8 Å². The van der Waals surface area contributed by atoms with E-state index in [0.717, 1.165) is 20.4 Å². The lowest BCUT2D eigenvalue weighted by molar-refractivity contribution is 0.281. The largest absolute Gasteiger partial charge is 0.392 e. The van der Waals surface area contributed by atoms with Crippen LogP contribution in [0.2, 0.25) is 0 Å². The minimum Gasteiger partial charge on any atom is -0.392 e. The third-order valence-electron chi connectivity index (χ3n) is 2.03. The van der Waals surface area contributed by atoms with Gasteiger partial charge in [0.2, 0.25) is 0 Å². The van der Waals surface area contributed by atoms with E-state index in [1.54, 1.807) is 18.1 Å². The van der Waals surface area contributed by atoms with Crippen LogP contribution >= 0.6 is 23.3 Å². The molecular weight excluding hydrogens is 228 g/mol. The van der Waals surface area contributed by atoms with Crippen LogP contribution in [0.1, 0.15) is 11.1 Å². The Morgan fingerprint density at radius 3 is 2.93 bits per heavy atom. The van der Waals surface area contributed by atoms with E-state index < -0.39 is 0 Å². The van der Waals surface area contributed by atoms with E-state index >= 15 is 0 Å². The minimum absolute atomic E-state index is 0.0928. The normalized spacial score (nSPS) is 10.5. The molecule has 0 aliphatic heterocycles. The molecule has 0 aliphatic rings. The molecule has 0 saturated heterocycles. The number of hydrogen-bond donors (Lipinski definition) is 1. The Bertz CT molecular complexity index is 443. The molecule has 78 valence electrons. The van der Waals surface area contributed by atoms with E-state index in [1.165, 1.54) is 11.5 Å². The fraction of sp³-hybridized carbons (Fsp3) is 0.200. The van der Waals surface area contributed by atoms with Gasteiger partial charge in [-0.3, -0.25) is 0 Å². The minimum atomic E-state index is 0.0928. The summed E-state index contributed by atoms with van der Waals surface area (Å²) < 4.78 is 4.88. The van der Waals surface area contributed by atoms with E-state index in [2.05, 4.69) is 15.4 Å². The molecule has 0 saturated carbocycles. The van der Waals surface area contributed by atoms with Gasteiger partial charge in [0, 0.05) is 4.90 Å². The zero-order chi connectivity index (χ0) is 10.7. The number of rotatable bonds is 3. The van der Waals surface area contributed by atoms with Gasteiger partial charge in [0.15, 0.2) is 4.34 Å². The van der Waals surface area contributed by atoms with Gasteiger partial charge in [-0.2, -0.15) is 4.37 Å². The molecule has 1 N–H and O–H groups in total. The van der Waals surface area contributed by atoms with Gasteiger partial charge in [-0.15, -0.1) is 0 Å². The lowest BCUT2D eigenvalue weighted by Gasteiger charge is -2.04. The molecule has 0 spiro atoms. The fourth-order valence-corrected chi connectivity index (χ4v) is 2.74. The summed E-state index contributed by atoms with van der Waals surface area (Å²) in [4.78, 5) is 5.23. The van der Waals surface area contributed by atoms with Crippen LogP contribution in [0.3, 0.4) is 0 Å². The third kappa shape index (κ3) is 2.56. The number of hydrogen-bond acceptors (Lipinski definition) is 5. The molecule has 3 nitrogen and oxygen atoms in total. The van der Waals surface area contributed by atoms with Gasteiger partial charge < -0.3 is 5.11 Å². The topological polar surface area (TPSA) is 46.0 Å². The second-order valence-electron chi connectivity index (χ2n) is 3.06. The monoisotopic (exact) mass is 238 g/mol. The number of benzene rings is 1. The van der Waals surface area contributed by atoms with Crippen molar-refractivity contribution in [2.24, 2.45) is 0 Å². The lowest BCUT2D eigenvalue weighted by Crippen LogP contribution is -1.88. The highest BCUT2D eigenvalue weighted by Gasteiger charge is 2.03. The summed E-state index contributed by atoms with van der Waals surface area (Å²) in [5, 5.41) is 9.04. The first kappa shape index (κ1) is 10.6. The van der Waals surface area contributed by atoms with Gasteiger partial charge in [0.05, 0.1) is 6.61 Å². The third-order valence-corrected chi connectivity index (χ3v) is 3.74. The molecule has 0 bridgehead atoms. The first-order chi connectivity index (χ1) is 7.29. The summed E-state index contributed by atoms with van der Waals surface area (Å²) >= 11 is 2.98. The Kier molecular flexibility index (Phi) is 3.35. The SMILES string of the molecule is Cc1cc(Sc2ncns2)ccc1CO. The van der Waals surface area contributed by atoms with Crippen molar-refractivity contribution >= 4 is 23.3 Å². The number of aliphatic hydroxyl groups excluding tert-OH is 1. The summed E-state index contributed by atoms with van der Waals surface area (Å²) in [6, 6.07) is 5.99. The molecule has 1 heterocycles. The van der Waals surface area contributed by atoms with Gasteiger partial charge in [0.25, 0.3) is 0 Å². The molecule has 0 unspecified atom stereocenters. The van der Waals surface area contributed by atoms with E-state index in [1.807, 2.05) is 19.1 Å². The fourth-order valence-electron chi connectivity index (χ4n) is 1.22. The Morgan fingerprint density at radius 1 is 1.47 bits per heavy atom. The summed E-state index contributed by atoms with van der Waals surface area (Å²) in [6.45, 7) is 2.09. The van der Waals surface area contributed by atoms with Crippen molar-refractivity contribution < 1.29 is 5.11 Å². The van der Waals surface area contributed by atoms with Crippen molar-refractivity contribution in [1.29, 1.82) is 0 Å². The Morgan fingerprint density at radius 2 is 2.33 bits per heavy atom. The van der Waals surface area contributed by atoms with E-state index in [9.17, 15) is 0 Å². The van der Waals surface area contributed by atoms with Gasteiger partial charge in [-0.1, -0.05) is 17.8 Å². The molecule has 1 aromatic carbocycles. The molecular formula is C10H10N2OS2. The van der Waals surface area contributed by atoms with Crippen LogP contribution in [0.15, 0.2) is 33.8 Å². The molecule has 0 atom stereocenters. The first-order valence-electron chi connectivity index (χ1n) is 4.44. The maximum Gasteiger partial charge on any atom is 0.174 e. The summed E-state index contributed by atoms with van der Waals surface area (Å²) in [6.07, 6.45) is 1.56. The molecule has 2 aromatic rings. The number of aryl methyl sites for hydroxylation is 1. The van der Waals surface area contributed by atoms with Crippen LogP contribution in [0, 0.1) is 6.92 Å². The highest BCUT2D eigenvalue weighted by molar-refractivity contribution is 8.01. The molecule has 2 rings (SSSR count). The maximum atomic E-state index is 9.04. The average Bonchev–Trinajstić information content (AvgIpc) is 2.71. The van der Waals surface area contributed by atoms with Crippen molar-refractivity contribution in [2.75, 3.05) is 0 Å². The van der Waals surface area contributed by atoms with Gasteiger partial charge in [-0.05, 0) is 41.7 Å². The van der Waals surface area contributed by atoms with Gasteiger partial charge >= 0.3 is 0 Å². The smallest absolute Gasteiger partial charge is 0.174 e.